The molecule has 0 amide bonds. The van der Waals surface area contributed by atoms with Gasteiger partial charge in [0.1, 0.15) is 12.3 Å². The third-order valence-corrected chi connectivity index (χ3v) is 2.83. The summed E-state index contributed by atoms with van der Waals surface area (Å²) in [6.45, 7) is -2.12. The van der Waals surface area contributed by atoms with Gasteiger partial charge in [-0.1, -0.05) is 24.5 Å². The fourth-order valence-electron chi connectivity index (χ4n) is 1.70. The predicted octanol–water partition coefficient (Wildman–Crippen LogP) is 4.16. The first-order chi connectivity index (χ1) is 18.4. The first kappa shape index (κ1) is 6.84. The maximum absolute atomic E-state index is 10.6. The number of ether oxygens (including phenoxy) is 3. The van der Waals surface area contributed by atoms with Crippen LogP contribution >= 0.6 is 0 Å². The Hall–Kier alpha value is -2.20. The lowest BCUT2D eigenvalue weighted by Crippen LogP contribution is -2.17. The van der Waals surface area contributed by atoms with Crippen LogP contribution in [0, 0.1) is 6.92 Å². The molecule has 0 heterocycles. The van der Waals surface area contributed by atoms with E-state index in [2.05, 4.69) is 0 Å². The van der Waals surface area contributed by atoms with Crippen molar-refractivity contribution in [2.24, 2.45) is 0 Å². The van der Waals surface area contributed by atoms with Gasteiger partial charge in [0.05, 0.1) is 36.7 Å². The summed E-state index contributed by atoms with van der Waals surface area (Å²) in [6, 6.07) is -4.88. The summed E-state index contributed by atoms with van der Waals surface area (Å²) in [5, 5.41) is 10.6. The van der Waals surface area contributed by atoms with Gasteiger partial charge in [0.25, 0.3) is 0 Å². The molecule has 136 valence electrons. The van der Waals surface area contributed by atoms with E-state index in [1.807, 2.05) is 0 Å². The van der Waals surface area contributed by atoms with Crippen LogP contribution in [0.3, 0.4) is 0 Å². The third-order valence-electron chi connectivity index (χ3n) is 2.83. The Morgan fingerprint density at radius 2 is 2.08 bits per heavy atom. The van der Waals surface area contributed by atoms with Gasteiger partial charge in [-0.05, 0) is 61.4 Å². The molecular weight excluding hydrogens is 316 g/mol. The Labute approximate surface area is 172 Å². The van der Waals surface area contributed by atoms with Crippen molar-refractivity contribution in [3.8, 4) is 17.2 Å². The van der Waals surface area contributed by atoms with Crippen molar-refractivity contribution in [2.75, 3.05) is 20.7 Å². The van der Waals surface area contributed by atoms with Crippen LogP contribution in [0.2, 0.25) is 0 Å². The van der Waals surface area contributed by atoms with Gasteiger partial charge in [-0.3, -0.25) is 0 Å². The molecule has 25 heavy (non-hydrogen) atoms. The summed E-state index contributed by atoms with van der Waals surface area (Å²) in [5.41, 5.74) is -0.658. The Kier molecular flexibility index (Phi) is 2.72. The molecule has 0 spiro atoms. The number of hydrogen-bond acceptors (Lipinski definition) is 4. The fraction of sp³-hybridized carbons (Fsp3) is 0.429. The summed E-state index contributed by atoms with van der Waals surface area (Å²) in [6.07, 6.45) is -10.8. The molecule has 1 atom stereocenters. The van der Waals surface area contributed by atoms with E-state index in [1.165, 1.54) is 6.92 Å². The monoisotopic (exact) mass is 360 g/mol. The van der Waals surface area contributed by atoms with Crippen molar-refractivity contribution >= 4 is 0 Å². The van der Waals surface area contributed by atoms with Crippen molar-refractivity contribution < 1.29 is 41.2 Å². The molecule has 2 aromatic rings. The van der Waals surface area contributed by atoms with Crippen LogP contribution in [-0.2, 0) is 6.42 Å². The highest BCUT2D eigenvalue weighted by molar-refractivity contribution is 5.42. The largest absolute Gasteiger partial charge is 0.493 e. The lowest BCUT2D eigenvalue weighted by atomic mass is 10.0. The maximum atomic E-state index is 10.6. The lowest BCUT2D eigenvalue weighted by molar-refractivity contribution is 0.0976. The molecule has 0 radical (unpaired) electrons. The van der Waals surface area contributed by atoms with Crippen LogP contribution in [0.1, 0.15) is 52.2 Å². The minimum atomic E-state index is -3.37. The highest BCUT2D eigenvalue weighted by Gasteiger charge is 2.07. The summed E-state index contributed by atoms with van der Waals surface area (Å²) >= 11 is 0. The zero-order chi connectivity index (χ0) is 32.0. The van der Waals surface area contributed by atoms with E-state index >= 15 is 0 Å². The van der Waals surface area contributed by atoms with Crippen LogP contribution in [0.15, 0.2) is 42.3 Å². The molecule has 4 nitrogen and oxygen atoms in total. The van der Waals surface area contributed by atoms with Gasteiger partial charge in [0.15, 0.2) is 11.5 Å². The van der Waals surface area contributed by atoms with Crippen LogP contribution in [0.25, 0.3) is 0 Å². The Morgan fingerprint density at radius 1 is 1.20 bits per heavy atom. The third kappa shape index (κ3) is 6.31. The highest BCUT2D eigenvalue weighted by atomic mass is 16.5. The Bertz CT molecular complexity index is 1280. The Balaban J connectivity index is 2.43. The number of methoxy groups -OCH3 is 2. The molecule has 1 N–H and O–H groups in total. The average molecular weight is 361 g/mol. The van der Waals surface area contributed by atoms with Gasteiger partial charge in [0.2, 0.25) is 0 Å². The second-order valence-corrected chi connectivity index (χ2v) is 4.70. The zero-order valence-corrected chi connectivity index (χ0v) is 13.7. The maximum Gasteiger partial charge on any atom is 0.160 e. The molecule has 1 unspecified atom stereocenters. The summed E-state index contributed by atoms with van der Waals surface area (Å²) in [5.74, 6) is -2.14. The number of rotatable bonds is 10. The van der Waals surface area contributed by atoms with Gasteiger partial charge >= 0.3 is 0 Å². The molecule has 0 aliphatic carbocycles. The molecule has 0 aliphatic heterocycles. The molecule has 0 aliphatic rings. The van der Waals surface area contributed by atoms with Gasteiger partial charge in [0, 0.05) is 5.48 Å². The van der Waals surface area contributed by atoms with E-state index in [-0.39, 0.29) is 5.56 Å². The molecule has 4 heteroatoms. The summed E-state index contributed by atoms with van der Waals surface area (Å²) < 4.78 is 142. The van der Waals surface area contributed by atoms with Crippen LogP contribution in [-0.4, -0.2) is 31.9 Å². The summed E-state index contributed by atoms with van der Waals surface area (Å²) in [7, 11) is -2.05. The lowest BCUT2D eigenvalue weighted by Gasteiger charge is -2.13. The average Bonchev–Trinajstić information content (AvgIpc) is 2.83. The van der Waals surface area contributed by atoms with Gasteiger partial charge in [-0.2, -0.15) is 0 Å². The number of aliphatic hydroxyl groups is 1. The molecule has 2 rings (SSSR count). The molecule has 0 bridgehead atoms. The van der Waals surface area contributed by atoms with Crippen molar-refractivity contribution in [1.29, 1.82) is 0 Å². The van der Waals surface area contributed by atoms with Crippen molar-refractivity contribution in [3.05, 3.63) is 53.4 Å². The number of hydrogen-bond donors (Lipinski definition) is 1. The van der Waals surface area contributed by atoms with E-state index in [0.717, 1.165) is 7.11 Å². The Morgan fingerprint density at radius 3 is 2.88 bits per heavy atom. The topological polar surface area (TPSA) is 47.9 Å². The second kappa shape index (κ2) is 9.94. The van der Waals surface area contributed by atoms with E-state index in [9.17, 15) is 5.11 Å². The van der Waals surface area contributed by atoms with Crippen LogP contribution in [0.5, 0.6) is 17.2 Å². The molecular formula is C21H28O4. The fourth-order valence-corrected chi connectivity index (χ4v) is 1.70. The second-order valence-electron chi connectivity index (χ2n) is 4.70. The van der Waals surface area contributed by atoms with Crippen LogP contribution in [0.4, 0.5) is 0 Å². The number of benzene rings is 2. The molecule has 0 aromatic heterocycles. The summed E-state index contributed by atoms with van der Waals surface area (Å²) in [4.78, 5) is 0. The predicted molar refractivity (Wildman–Crippen MR) is 99.8 cm³/mol. The van der Waals surface area contributed by atoms with Gasteiger partial charge in [-0.15, -0.1) is 0 Å². The molecule has 0 saturated heterocycles. The first-order valence-electron chi connectivity index (χ1n) is 15.2. The first-order valence-corrected chi connectivity index (χ1v) is 7.18. The van der Waals surface area contributed by atoms with Crippen molar-refractivity contribution in [3.63, 3.8) is 0 Å². The van der Waals surface area contributed by atoms with E-state index < -0.39 is 110 Å². The molecule has 2 aromatic carbocycles. The van der Waals surface area contributed by atoms with Gasteiger partial charge < -0.3 is 19.3 Å². The standard InChI is InChI=1S/C21H28O4/c1-16-7-6-10-19(13-16)25-15-18(22)9-5-4-8-17-11-12-20(23-2)21(14-17)24-3/h6-7,10-14,18,22H,4-5,8-9,15H2,1-3H3/i3D3,4D2,6D,7D,9D2,10D,11D,12D,13D,14D,15D2. The molecule has 0 fully saturated rings. The van der Waals surface area contributed by atoms with Crippen molar-refractivity contribution in [2.45, 2.75) is 38.6 Å². The minimum Gasteiger partial charge on any atom is -0.493 e. The van der Waals surface area contributed by atoms with E-state index in [0.29, 0.717) is 0 Å². The number of aliphatic hydroxyl groups excluding tert-OH is 1. The van der Waals surface area contributed by atoms with E-state index in [4.69, 9.17) is 36.1 Å². The van der Waals surface area contributed by atoms with E-state index in [1.54, 1.807) is 0 Å². The normalized spacial score (nSPS) is 23.3. The quantitative estimate of drug-likeness (QED) is 0.691. The zero-order valence-electron chi connectivity index (χ0n) is 29.7. The molecule has 0 saturated carbocycles. The van der Waals surface area contributed by atoms with Crippen molar-refractivity contribution in [1.82, 2.24) is 0 Å². The minimum absolute atomic E-state index is 0.127. The smallest absolute Gasteiger partial charge is 0.160 e. The van der Waals surface area contributed by atoms with Crippen LogP contribution < -0.4 is 14.2 Å². The van der Waals surface area contributed by atoms with Gasteiger partial charge in [-0.25, -0.2) is 0 Å². The highest BCUT2D eigenvalue weighted by Crippen LogP contribution is 2.28. The SMILES string of the molecule is [2H]c1c([2H])c(C)c([2H])c(OC([2H])([2H])C(O)C([2H])([2H])CC([2H])([2H])Cc2c([2H])c([2H])c(OC)c(OC([2H])([2H])[2H])c2[2H])c1[2H].